The number of aliphatic hydroxyl groups is 1. The second-order valence-corrected chi connectivity index (χ2v) is 11.4. The number of aliphatic hydroxyl groups excluding tert-OH is 1. The number of nitrogens with two attached hydrogens (primary N) is 1. The minimum Gasteiger partial charge on any atom is -0.396 e. The van der Waals surface area contributed by atoms with Gasteiger partial charge in [-0.15, -0.1) is 0 Å². The fraction of sp³-hybridized carbons (Fsp3) is 0.522. The summed E-state index contributed by atoms with van der Waals surface area (Å²) in [5, 5.41) is 13.8. The van der Waals surface area contributed by atoms with Crippen LogP contribution in [-0.4, -0.2) is 47.9 Å². The zero-order valence-corrected chi connectivity index (χ0v) is 19.4. The van der Waals surface area contributed by atoms with Crippen LogP contribution in [0.5, 0.6) is 0 Å². The van der Waals surface area contributed by atoms with Crippen LogP contribution in [0.2, 0.25) is 0 Å². The van der Waals surface area contributed by atoms with Gasteiger partial charge in [-0.3, -0.25) is 0 Å². The van der Waals surface area contributed by atoms with Crippen molar-refractivity contribution in [3.8, 4) is 11.4 Å². The normalized spacial score (nSPS) is 18.0. The lowest BCUT2D eigenvalue weighted by atomic mass is 10.0. The molecular weight excluding hydrogens is 442 g/mol. The molecule has 0 unspecified atom stereocenters. The highest BCUT2D eigenvalue weighted by Crippen LogP contribution is 2.55. The van der Waals surface area contributed by atoms with Gasteiger partial charge < -0.3 is 21.5 Å². The van der Waals surface area contributed by atoms with Gasteiger partial charge in [0.1, 0.15) is 10.6 Å². The van der Waals surface area contributed by atoms with Gasteiger partial charge in [-0.1, -0.05) is 19.3 Å². The van der Waals surface area contributed by atoms with Gasteiger partial charge >= 0.3 is 6.03 Å². The largest absolute Gasteiger partial charge is 0.396 e. The first-order valence-corrected chi connectivity index (χ1v) is 13.0. The second kappa shape index (κ2) is 9.64. The molecule has 2 amide bonds. The number of amides is 2. The summed E-state index contributed by atoms with van der Waals surface area (Å²) in [5.41, 5.74) is 7.82. The Bertz CT molecular complexity index is 1090. The summed E-state index contributed by atoms with van der Waals surface area (Å²) in [6, 6.07) is 8.21. The zero-order valence-electron chi connectivity index (χ0n) is 18.6. The van der Waals surface area contributed by atoms with Crippen LogP contribution in [0.15, 0.2) is 30.3 Å². The Hall–Kier alpha value is -2.72. The molecule has 0 atom stereocenters. The van der Waals surface area contributed by atoms with E-state index in [1.54, 1.807) is 30.3 Å². The topological polar surface area (TPSA) is 147 Å². The number of urea groups is 1. The molecule has 4 rings (SSSR count). The van der Waals surface area contributed by atoms with E-state index in [-0.39, 0.29) is 23.7 Å². The number of hydrogen-bond donors (Lipinski definition) is 4. The highest BCUT2D eigenvalue weighted by atomic mass is 32.2. The molecule has 1 aromatic heterocycles. The summed E-state index contributed by atoms with van der Waals surface area (Å²) in [6.07, 6.45) is 6.07. The second-order valence-electron chi connectivity index (χ2n) is 8.84. The predicted molar refractivity (Wildman–Crippen MR) is 127 cm³/mol. The van der Waals surface area contributed by atoms with Crippen LogP contribution in [0.25, 0.3) is 11.4 Å². The van der Waals surface area contributed by atoms with Crippen LogP contribution in [0.4, 0.5) is 16.3 Å². The minimum atomic E-state index is -3.37. The average molecular weight is 474 g/mol. The van der Waals surface area contributed by atoms with Gasteiger partial charge in [0, 0.05) is 30.5 Å². The van der Waals surface area contributed by atoms with Gasteiger partial charge in [-0.05, 0) is 56.4 Å². The molecule has 10 heteroatoms. The minimum absolute atomic E-state index is 0.0143. The Balaban J connectivity index is 1.54. The van der Waals surface area contributed by atoms with Crippen LogP contribution < -0.4 is 16.4 Å². The van der Waals surface area contributed by atoms with Gasteiger partial charge in [0.2, 0.25) is 0 Å². The predicted octanol–water partition coefficient (Wildman–Crippen LogP) is 2.97. The smallest absolute Gasteiger partial charge is 0.319 e. The maximum absolute atomic E-state index is 13.5. The van der Waals surface area contributed by atoms with E-state index in [1.165, 1.54) is 0 Å². The fourth-order valence-electron chi connectivity index (χ4n) is 4.48. The third kappa shape index (κ3) is 4.96. The van der Waals surface area contributed by atoms with Crippen molar-refractivity contribution < 1.29 is 18.3 Å². The summed E-state index contributed by atoms with van der Waals surface area (Å²) in [7, 11) is -3.37. The number of rotatable bonds is 8. The van der Waals surface area contributed by atoms with Crippen molar-refractivity contribution in [1.29, 1.82) is 0 Å². The monoisotopic (exact) mass is 473 g/mol. The Labute approximate surface area is 194 Å². The first-order chi connectivity index (χ1) is 15.9. The van der Waals surface area contributed by atoms with E-state index in [0.717, 1.165) is 32.1 Å². The van der Waals surface area contributed by atoms with Crippen molar-refractivity contribution in [3.63, 3.8) is 0 Å². The van der Waals surface area contributed by atoms with Crippen LogP contribution in [0.1, 0.15) is 57.1 Å². The number of nitrogens with zero attached hydrogens (tertiary/aromatic N) is 2. The van der Waals surface area contributed by atoms with Gasteiger partial charge in [0.15, 0.2) is 15.7 Å². The Morgan fingerprint density at radius 3 is 2.45 bits per heavy atom. The maximum atomic E-state index is 13.5. The van der Waals surface area contributed by atoms with E-state index in [1.807, 2.05) is 0 Å². The molecule has 0 radical (unpaired) electrons. The molecule has 1 heterocycles. The number of hydrogen-bond acceptors (Lipinski definition) is 7. The third-order valence-electron chi connectivity index (χ3n) is 6.47. The van der Waals surface area contributed by atoms with Crippen molar-refractivity contribution in [2.45, 2.75) is 61.4 Å². The molecule has 0 bridgehead atoms. The van der Waals surface area contributed by atoms with E-state index >= 15 is 0 Å². The highest BCUT2D eigenvalue weighted by molar-refractivity contribution is 7.93. The van der Waals surface area contributed by atoms with Crippen molar-refractivity contribution in [2.24, 2.45) is 0 Å². The number of sulfone groups is 1. The summed E-state index contributed by atoms with van der Waals surface area (Å²) < 4.78 is 26.1. The molecule has 2 aliphatic carbocycles. The molecule has 9 nitrogen and oxygen atoms in total. The van der Waals surface area contributed by atoms with E-state index in [4.69, 9.17) is 10.8 Å². The van der Waals surface area contributed by atoms with E-state index in [0.29, 0.717) is 48.6 Å². The van der Waals surface area contributed by atoms with Crippen molar-refractivity contribution in [3.05, 3.63) is 36.0 Å². The highest BCUT2D eigenvalue weighted by Gasteiger charge is 2.59. The fourth-order valence-corrected chi connectivity index (χ4v) is 7.14. The summed E-state index contributed by atoms with van der Waals surface area (Å²) >= 11 is 0. The lowest BCUT2D eigenvalue weighted by molar-refractivity contribution is 0.249. The molecule has 0 saturated heterocycles. The van der Waals surface area contributed by atoms with Crippen molar-refractivity contribution in [2.75, 3.05) is 24.2 Å². The van der Waals surface area contributed by atoms with Gasteiger partial charge in [-0.2, -0.15) is 0 Å². The number of anilines is 2. The summed E-state index contributed by atoms with van der Waals surface area (Å²) in [6.45, 7) is 0.395. The van der Waals surface area contributed by atoms with E-state index in [2.05, 4.69) is 20.6 Å². The van der Waals surface area contributed by atoms with E-state index < -0.39 is 14.6 Å². The zero-order chi connectivity index (χ0) is 23.5. The number of nitrogens with one attached hydrogen (secondary N) is 2. The molecular formula is C23H31N5O4S. The number of carbonyl (C=O) groups is 1. The van der Waals surface area contributed by atoms with Gasteiger partial charge in [0.25, 0.3) is 0 Å². The molecule has 2 fully saturated rings. The van der Waals surface area contributed by atoms with Crippen LogP contribution in [0, 0.1) is 0 Å². The molecule has 0 spiro atoms. The molecule has 2 aromatic rings. The van der Waals surface area contributed by atoms with Gasteiger partial charge in [-0.25, -0.2) is 23.2 Å². The third-order valence-corrected chi connectivity index (χ3v) is 9.53. The summed E-state index contributed by atoms with van der Waals surface area (Å²) in [4.78, 5) is 20.8. The van der Waals surface area contributed by atoms with Crippen molar-refractivity contribution >= 4 is 27.4 Å². The molecule has 1 aromatic carbocycles. The molecule has 178 valence electrons. The quantitative estimate of drug-likeness (QED) is 0.431. The first-order valence-electron chi connectivity index (χ1n) is 11.5. The van der Waals surface area contributed by atoms with Crippen molar-refractivity contribution in [1.82, 2.24) is 15.3 Å². The number of benzene rings is 1. The Morgan fingerprint density at radius 1 is 1.12 bits per heavy atom. The maximum Gasteiger partial charge on any atom is 0.319 e. The lowest BCUT2D eigenvalue weighted by Crippen LogP contribution is -2.34. The molecule has 5 N–H and O–H groups in total. The van der Waals surface area contributed by atoms with E-state index in [9.17, 15) is 13.2 Å². The first kappa shape index (κ1) is 23.4. The van der Waals surface area contributed by atoms with Crippen LogP contribution >= 0.6 is 0 Å². The number of carbonyl (C=O) groups excluding carboxylic acids is 1. The molecule has 2 aliphatic rings. The van der Waals surface area contributed by atoms with Crippen LogP contribution in [0.3, 0.4) is 0 Å². The number of nitrogen functional groups attached to an aromatic ring is 1. The van der Waals surface area contributed by atoms with Crippen LogP contribution in [-0.2, 0) is 14.6 Å². The number of aromatic nitrogens is 2. The van der Waals surface area contributed by atoms with Gasteiger partial charge in [0.05, 0.1) is 10.9 Å². The SMILES string of the molecule is Nc1cc(C2(S(=O)(=O)C3CCCCC3)CC2)nc(-c2ccc(NC(=O)NCCCO)cc2)n1. The molecule has 2 saturated carbocycles. The lowest BCUT2D eigenvalue weighted by Gasteiger charge is -2.27. The molecule has 33 heavy (non-hydrogen) atoms. The Morgan fingerprint density at radius 2 is 1.82 bits per heavy atom. The average Bonchev–Trinajstić information content (AvgIpc) is 3.63. The standard InChI is InChI=1S/C23H31N5O4S/c24-20-15-19(23(11-12-23)33(31,32)18-5-2-1-3-6-18)27-21(28-20)16-7-9-17(10-8-16)26-22(30)25-13-4-14-29/h7-10,15,18,29H,1-6,11-14H2,(H2,24,27,28)(H2,25,26,30). The Kier molecular flexibility index (Phi) is 6.85. The molecule has 0 aliphatic heterocycles. The summed E-state index contributed by atoms with van der Waals surface area (Å²) in [5.74, 6) is 0.611.